The third-order valence-corrected chi connectivity index (χ3v) is 4.31. The monoisotopic (exact) mass is 333 g/mol. The second kappa shape index (κ2) is 7.51. The van der Waals surface area contributed by atoms with Crippen LogP contribution in [-0.4, -0.2) is 21.7 Å². The molecule has 1 N–H and O–H groups in total. The van der Waals surface area contributed by atoms with Crippen molar-refractivity contribution < 1.29 is 9.53 Å². The van der Waals surface area contributed by atoms with Gasteiger partial charge in [0.1, 0.15) is 11.4 Å². The normalized spacial score (nSPS) is 15.3. The molecular weight excluding hydrogens is 314 g/mol. The fraction of sp³-hybridized carbons (Fsp3) is 0.412. The highest BCUT2D eigenvalue weighted by Gasteiger charge is 2.18. The number of benzene rings is 1. The highest BCUT2D eigenvalue weighted by molar-refractivity contribution is 6.32. The molecule has 0 radical (unpaired) electrons. The number of ether oxygens (including phenoxy) is 1. The van der Waals surface area contributed by atoms with Gasteiger partial charge in [0.15, 0.2) is 6.73 Å². The van der Waals surface area contributed by atoms with Crippen LogP contribution in [0.3, 0.4) is 0 Å². The minimum absolute atomic E-state index is 0.117. The highest BCUT2D eigenvalue weighted by Crippen LogP contribution is 2.23. The van der Waals surface area contributed by atoms with Gasteiger partial charge in [0.25, 0.3) is 5.91 Å². The van der Waals surface area contributed by atoms with Crippen LogP contribution in [0.2, 0.25) is 5.02 Å². The Morgan fingerprint density at radius 3 is 2.83 bits per heavy atom. The smallest absolute Gasteiger partial charge is 0.271 e. The van der Waals surface area contributed by atoms with E-state index in [1.54, 1.807) is 29.1 Å². The molecule has 5 nitrogen and oxygen atoms in total. The second-order valence-corrected chi connectivity index (χ2v) is 6.16. The molecule has 0 atom stereocenters. The number of aromatic nitrogens is 2. The summed E-state index contributed by atoms with van der Waals surface area (Å²) in [5.74, 6) is 0.478. The van der Waals surface area contributed by atoms with Gasteiger partial charge in [-0.2, -0.15) is 5.10 Å². The van der Waals surface area contributed by atoms with Gasteiger partial charge in [-0.1, -0.05) is 43.0 Å². The van der Waals surface area contributed by atoms with Gasteiger partial charge in [0, 0.05) is 12.2 Å². The first-order valence-electron chi connectivity index (χ1n) is 7.94. The largest absolute Gasteiger partial charge is 0.470 e. The van der Waals surface area contributed by atoms with E-state index >= 15 is 0 Å². The molecule has 1 saturated carbocycles. The van der Waals surface area contributed by atoms with Crippen LogP contribution in [0.15, 0.2) is 36.5 Å². The lowest BCUT2D eigenvalue weighted by Gasteiger charge is -2.22. The number of hydrogen-bond acceptors (Lipinski definition) is 3. The summed E-state index contributed by atoms with van der Waals surface area (Å²) in [5, 5.41) is 7.86. The van der Waals surface area contributed by atoms with Crippen LogP contribution in [0.5, 0.6) is 5.75 Å². The Bertz CT molecular complexity index is 665. The van der Waals surface area contributed by atoms with Crippen LogP contribution in [-0.2, 0) is 6.73 Å². The molecule has 1 aliphatic rings. The summed E-state index contributed by atoms with van der Waals surface area (Å²) in [5.41, 5.74) is 0.415. The number of carbonyl (C=O) groups excluding carboxylic acids is 1. The summed E-state index contributed by atoms with van der Waals surface area (Å²) in [7, 11) is 0. The third-order valence-electron chi connectivity index (χ3n) is 4.00. The van der Waals surface area contributed by atoms with E-state index in [0.29, 0.717) is 16.5 Å². The van der Waals surface area contributed by atoms with E-state index in [-0.39, 0.29) is 18.7 Å². The fourth-order valence-electron chi connectivity index (χ4n) is 2.76. The minimum Gasteiger partial charge on any atom is -0.470 e. The van der Waals surface area contributed by atoms with Gasteiger partial charge >= 0.3 is 0 Å². The highest BCUT2D eigenvalue weighted by atomic mass is 35.5. The third kappa shape index (κ3) is 4.26. The molecule has 0 aliphatic heterocycles. The van der Waals surface area contributed by atoms with Crippen LogP contribution < -0.4 is 10.1 Å². The van der Waals surface area contributed by atoms with Crippen molar-refractivity contribution >= 4 is 17.5 Å². The zero-order valence-corrected chi connectivity index (χ0v) is 13.6. The lowest BCUT2D eigenvalue weighted by Crippen LogP contribution is -2.36. The number of rotatable bonds is 5. The number of halogens is 1. The average molecular weight is 334 g/mol. The molecular formula is C17H20ClN3O2. The average Bonchev–Trinajstić information content (AvgIpc) is 3.04. The topological polar surface area (TPSA) is 56.2 Å². The molecule has 0 bridgehead atoms. The summed E-state index contributed by atoms with van der Waals surface area (Å²) >= 11 is 6.04. The summed E-state index contributed by atoms with van der Waals surface area (Å²) in [6, 6.07) is 9.24. The van der Waals surface area contributed by atoms with Gasteiger partial charge < -0.3 is 10.1 Å². The summed E-state index contributed by atoms with van der Waals surface area (Å²) < 4.78 is 7.19. The Hall–Kier alpha value is -2.01. The quantitative estimate of drug-likeness (QED) is 0.909. The Kier molecular flexibility index (Phi) is 5.18. The standard InChI is InChI=1S/C17H20ClN3O2/c18-14-8-4-5-9-16(14)23-12-21-11-10-15(20-21)17(22)19-13-6-2-1-3-7-13/h4-5,8-11,13H,1-3,6-7,12H2,(H,19,22). The molecule has 6 heteroatoms. The number of amides is 1. The molecule has 1 aromatic heterocycles. The maximum Gasteiger partial charge on any atom is 0.271 e. The fourth-order valence-corrected chi connectivity index (χ4v) is 2.95. The summed E-state index contributed by atoms with van der Waals surface area (Å²) in [4.78, 5) is 12.2. The second-order valence-electron chi connectivity index (χ2n) is 5.75. The van der Waals surface area contributed by atoms with Crippen molar-refractivity contribution in [1.29, 1.82) is 0 Å². The molecule has 122 valence electrons. The van der Waals surface area contributed by atoms with Crippen LogP contribution in [0.4, 0.5) is 0 Å². The van der Waals surface area contributed by atoms with Crippen LogP contribution >= 0.6 is 11.6 Å². The summed E-state index contributed by atoms with van der Waals surface area (Å²) in [6.07, 6.45) is 7.48. The molecule has 23 heavy (non-hydrogen) atoms. The van der Waals surface area contributed by atoms with Crippen LogP contribution in [0.25, 0.3) is 0 Å². The number of nitrogens with one attached hydrogen (secondary N) is 1. The Balaban J connectivity index is 1.55. The molecule has 1 heterocycles. The number of para-hydroxylation sites is 1. The lowest BCUT2D eigenvalue weighted by molar-refractivity contribution is 0.0920. The van der Waals surface area contributed by atoms with Crippen molar-refractivity contribution in [3.63, 3.8) is 0 Å². The Morgan fingerprint density at radius 2 is 2.04 bits per heavy atom. The Labute approximate surface area is 140 Å². The number of nitrogens with zero attached hydrogens (tertiary/aromatic N) is 2. The van der Waals surface area contributed by atoms with Crippen LogP contribution in [0.1, 0.15) is 42.6 Å². The van der Waals surface area contributed by atoms with Crippen molar-refractivity contribution in [2.45, 2.75) is 44.9 Å². The molecule has 0 spiro atoms. The molecule has 1 fully saturated rings. The van der Waals surface area contributed by atoms with Crippen molar-refractivity contribution in [3.05, 3.63) is 47.2 Å². The molecule has 0 unspecified atom stereocenters. The first-order chi connectivity index (χ1) is 11.2. The van der Waals surface area contributed by atoms with Gasteiger partial charge in [0.05, 0.1) is 5.02 Å². The zero-order chi connectivity index (χ0) is 16.1. The molecule has 1 aromatic carbocycles. The van der Waals surface area contributed by atoms with Gasteiger partial charge in [-0.3, -0.25) is 4.79 Å². The van der Waals surface area contributed by atoms with E-state index in [1.165, 1.54) is 19.3 Å². The van der Waals surface area contributed by atoms with Crippen molar-refractivity contribution in [1.82, 2.24) is 15.1 Å². The molecule has 0 saturated heterocycles. The maximum absolute atomic E-state index is 12.2. The van der Waals surface area contributed by atoms with Crippen LogP contribution in [0, 0.1) is 0 Å². The Morgan fingerprint density at radius 1 is 1.26 bits per heavy atom. The minimum atomic E-state index is -0.117. The molecule has 2 aromatic rings. The molecule has 1 aliphatic carbocycles. The van der Waals surface area contributed by atoms with Gasteiger partial charge in [0.2, 0.25) is 0 Å². The van der Waals surface area contributed by atoms with Gasteiger partial charge in [-0.15, -0.1) is 0 Å². The lowest BCUT2D eigenvalue weighted by atomic mass is 9.95. The first kappa shape index (κ1) is 15.9. The summed E-state index contributed by atoms with van der Waals surface area (Å²) in [6.45, 7) is 0.209. The van der Waals surface area contributed by atoms with Crippen molar-refractivity contribution in [3.8, 4) is 5.75 Å². The van der Waals surface area contributed by atoms with Gasteiger partial charge in [-0.05, 0) is 31.0 Å². The van der Waals surface area contributed by atoms with E-state index in [2.05, 4.69) is 10.4 Å². The van der Waals surface area contributed by atoms with Crippen molar-refractivity contribution in [2.75, 3.05) is 0 Å². The maximum atomic E-state index is 12.2. The van der Waals surface area contributed by atoms with Crippen molar-refractivity contribution in [2.24, 2.45) is 0 Å². The molecule has 1 amide bonds. The number of carbonyl (C=O) groups is 1. The molecule has 3 rings (SSSR count). The van der Waals surface area contributed by atoms with E-state index in [0.717, 1.165) is 12.8 Å². The van der Waals surface area contributed by atoms with Gasteiger partial charge in [-0.25, -0.2) is 4.68 Å². The predicted molar refractivity (Wildman–Crippen MR) is 88.6 cm³/mol. The first-order valence-corrected chi connectivity index (χ1v) is 8.32. The SMILES string of the molecule is O=C(NC1CCCCC1)c1ccn(COc2ccccc2Cl)n1. The predicted octanol–water partition coefficient (Wildman–Crippen LogP) is 3.64. The van der Waals surface area contributed by atoms with E-state index in [9.17, 15) is 4.79 Å². The number of hydrogen-bond donors (Lipinski definition) is 1. The van der Waals surface area contributed by atoms with E-state index in [1.807, 2.05) is 12.1 Å². The zero-order valence-electron chi connectivity index (χ0n) is 12.9. The van der Waals surface area contributed by atoms with E-state index < -0.39 is 0 Å². The van der Waals surface area contributed by atoms with E-state index in [4.69, 9.17) is 16.3 Å².